The molecule has 0 bridgehead atoms. The molecule has 1 aromatic rings. The van der Waals surface area contributed by atoms with Crippen LogP contribution in [0, 0.1) is 17.8 Å². The number of ketones is 1. The van der Waals surface area contributed by atoms with E-state index in [2.05, 4.69) is 32.0 Å². The second-order valence-electron chi connectivity index (χ2n) is 16.0. The molecule has 1 amide bonds. The highest BCUT2D eigenvalue weighted by molar-refractivity contribution is 6.20. The van der Waals surface area contributed by atoms with Gasteiger partial charge < -0.3 is 34.4 Å². The summed E-state index contributed by atoms with van der Waals surface area (Å²) in [5, 5.41) is 3.59. The summed E-state index contributed by atoms with van der Waals surface area (Å²) in [4.78, 5) is 41.3. The number of amides is 1. The monoisotopic (exact) mass is 678 g/mol. The van der Waals surface area contributed by atoms with Gasteiger partial charge in [0.15, 0.2) is 5.78 Å². The van der Waals surface area contributed by atoms with Crippen LogP contribution in [0.3, 0.4) is 0 Å². The van der Waals surface area contributed by atoms with Gasteiger partial charge in [-0.25, -0.2) is 4.39 Å². The summed E-state index contributed by atoms with van der Waals surface area (Å²) in [6, 6.07) is 4.96. The van der Waals surface area contributed by atoms with Gasteiger partial charge in [0.2, 0.25) is 0 Å². The largest absolute Gasteiger partial charge is 0.374 e. The predicted octanol–water partition coefficient (Wildman–Crippen LogP) is 2.68. The molecule has 5 heterocycles. The Bertz CT molecular complexity index is 1370. The minimum Gasteiger partial charge on any atom is -0.374 e. The van der Waals surface area contributed by atoms with Crippen molar-refractivity contribution in [1.29, 1.82) is 0 Å². The van der Waals surface area contributed by atoms with Crippen LogP contribution in [-0.4, -0.2) is 145 Å². The molecule has 11 atom stereocenters. The highest BCUT2D eigenvalue weighted by Gasteiger charge is 2.61. The third kappa shape index (κ3) is 6.59. The first-order valence-electron chi connectivity index (χ1n) is 19.1. The summed E-state index contributed by atoms with van der Waals surface area (Å²) < 4.78 is 30.2. The number of likely N-dealkylation sites (N-methyl/N-ethyl adjacent to an activating group) is 2. The summed E-state index contributed by atoms with van der Waals surface area (Å²) in [5.41, 5.74) is 1.08. The molecule has 0 aromatic carbocycles. The van der Waals surface area contributed by atoms with Crippen LogP contribution in [0.25, 0.3) is 0 Å². The number of ether oxygens (including phenoxy) is 2. The Labute approximate surface area is 290 Å². The van der Waals surface area contributed by atoms with E-state index in [9.17, 15) is 9.59 Å². The lowest BCUT2D eigenvalue weighted by molar-refractivity contribution is -0.209. The van der Waals surface area contributed by atoms with E-state index in [1.54, 1.807) is 18.1 Å². The summed E-state index contributed by atoms with van der Waals surface area (Å²) in [5.74, 6) is -0.137. The summed E-state index contributed by atoms with van der Waals surface area (Å²) >= 11 is 0. The van der Waals surface area contributed by atoms with Gasteiger partial charge in [0.05, 0.1) is 48.1 Å². The Hall–Kier alpha value is -2.44. The Morgan fingerprint density at radius 2 is 1.88 bits per heavy atom. The van der Waals surface area contributed by atoms with Gasteiger partial charge in [-0.05, 0) is 82.6 Å². The zero-order valence-corrected chi connectivity index (χ0v) is 29.3. The molecule has 0 radical (unpaired) electrons. The highest BCUT2D eigenvalue weighted by atomic mass is 19.1. The number of hydrogen-bond donors (Lipinski definition) is 1. The van der Waals surface area contributed by atoms with Crippen molar-refractivity contribution in [1.82, 2.24) is 29.9 Å². The van der Waals surface area contributed by atoms with Crippen molar-refractivity contribution >= 4 is 11.7 Å². The van der Waals surface area contributed by atoms with Crippen LogP contribution >= 0.6 is 0 Å². The molecule has 1 aromatic heterocycles. The molecule has 3 aliphatic carbocycles. The summed E-state index contributed by atoms with van der Waals surface area (Å²) in [6.45, 7) is 6.45. The summed E-state index contributed by atoms with van der Waals surface area (Å²) in [7, 11) is 3.91. The van der Waals surface area contributed by atoms with E-state index in [1.807, 2.05) is 24.4 Å². The Kier molecular flexibility index (Phi) is 9.83. The van der Waals surface area contributed by atoms with Crippen LogP contribution in [0.2, 0.25) is 0 Å². The van der Waals surface area contributed by atoms with E-state index in [1.165, 1.54) is 19.3 Å². The standard InChI is InChI=1S/C38H55FN6O4/c1-42-16-18-44(19-17-42)14-7-13-41-34-29(39)20-27-35-37(34)49-33-21-26-25-9-3-4-10-31(25)48-32(26)22-30(33)45(35)23-28(36(27)46)38(47)43(2)15-11-24-8-5-6-12-40-24/h5-6,8,12,23,25-27,29-35,37,41H,3-4,7,9-11,13-22H2,1-2H3. The maximum Gasteiger partial charge on any atom is 0.258 e. The first kappa shape index (κ1) is 33.7. The summed E-state index contributed by atoms with van der Waals surface area (Å²) in [6.07, 6.45) is 10.5. The van der Waals surface area contributed by atoms with Crippen molar-refractivity contribution in [3.63, 3.8) is 0 Å². The lowest BCUT2D eigenvalue weighted by Gasteiger charge is -2.60. The molecule has 3 saturated heterocycles. The Morgan fingerprint density at radius 1 is 1.04 bits per heavy atom. The van der Waals surface area contributed by atoms with Crippen molar-refractivity contribution in [3.05, 3.63) is 41.9 Å². The van der Waals surface area contributed by atoms with Gasteiger partial charge in [0, 0.05) is 70.2 Å². The van der Waals surface area contributed by atoms with Gasteiger partial charge in [-0.15, -0.1) is 0 Å². The fourth-order valence-electron chi connectivity index (χ4n) is 10.4. The maximum atomic E-state index is 16.4. The van der Waals surface area contributed by atoms with Crippen LogP contribution < -0.4 is 5.32 Å². The number of carbonyl (C=O) groups is 2. The number of Topliss-reactive ketones (excluding diaryl/α,β-unsaturated/α-hetero) is 1. The predicted molar refractivity (Wildman–Crippen MR) is 183 cm³/mol. The van der Waals surface area contributed by atoms with E-state index < -0.39 is 24.2 Å². The second kappa shape index (κ2) is 14.3. The molecule has 1 N–H and O–H groups in total. The molecule has 6 fully saturated rings. The molecular formula is C38H55FN6O4. The Balaban J connectivity index is 1.03. The number of piperazine rings is 1. The number of fused-ring (bicyclic) bond motifs is 5. The van der Waals surface area contributed by atoms with E-state index in [0.717, 1.165) is 64.1 Å². The minimum atomic E-state index is -1.23. The first-order valence-corrected chi connectivity index (χ1v) is 19.1. The van der Waals surface area contributed by atoms with E-state index in [4.69, 9.17) is 9.47 Å². The zero-order chi connectivity index (χ0) is 33.6. The lowest BCUT2D eigenvalue weighted by Crippen LogP contribution is -2.73. The molecule has 11 unspecified atom stereocenters. The molecule has 7 aliphatic rings. The minimum absolute atomic E-state index is 0.00563. The van der Waals surface area contributed by atoms with E-state index in [-0.39, 0.29) is 48.0 Å². The molecule has 49 heavy (non-hydrogen) atoms. The Morgan fingerprint density at radius 3 is 2.69 bits per heavy atom. The molecule has 8 rings (SSSR count). The first-order chi connectivity index (χ1) is 23.9. The molecule has 0 spiro atoms. The van der Waals surface area contributed by atoms with Crippen LogP contribution in [0.15, 0.2) is 36.2 Å². The molecular weight excluding hydrogens is 623 g/mol. The van der Waals surface area contributed by atoms with Gasteiger partial charge in [-0.1, -0.05) is 18.9 Å². The zero-order valence-electron chi connectivity index (χ0n) is 29.3. The number of hydrogen-bond acceptors (Lipinski definition) is 9. The normalized spacial score (nSPS) is 39.0. The van der Waals surface area contributed by atoms with Crippen LogP contribution in [0.4, 0.5) is 4.39 Å². The maximum absolute atomic E-state index is 16.4. The fraction of sp³-hybridized carbons (Fsp3) is 0.763. The van der Waals surface area contributed by atoms with Gasteiger partial charge in [0.1, 0.15) is 6.17 Å². The highest BCUT2D eigenvalue weighted by Crippen LogP contribution is 2.52. The number of halogens is 1. The fourth-order valence-corrected chi connectivity index (χ4v) is 10.4. The smallest absolute Gasteiger partial charge is 0.258 e. The van der Waals surface area contributed by atoms with Gasteiger partial charge >= 0.3 is 0 Å². The lowest BCUT2D eigenvalue weighted by atomic mass is 9.67. The van der Waals surface area contributed by atoms with Crippen LogP contribution in [0.5, 0.6) is 0 Å². The van der Waals surface area contributed by atoms with Crippen LogP contribution in [0.1, 0.15) is 57.1 Å². The SMILES string of the molecule is CN1CCN(CCCNC2C(F)CC3C(=O)C(C(=O)N(C)CCc4ccccn4)=CN4C5CC6OC7CCCCC7C6CC5OC2C34)CC1. The number of carbonyl (C=O) groups excluding carboxylic acids is 2. The quantitative estimate of drug-likeness (QED) is 0.313. The van der Waals surface area contributed by atoms with E-state index >= 15 is 4.39 Å². The van der Waals surface area contributed by atoms with Crippen molar-refractivity contribution in [2.24, 2.45) is 17.8 Å². The van der Waals surface area contributed by atoms with Gasteiger partial charge in [-0.3, -0.25) is 14.6 Å². The molecule has 10 nitrogen and oxygen atoms in total. The number of rotatable bonds is 9. The third-order valence-corrected chi connectivity index (χ3v) is 13.1. The third-order valence-electron chi connectivity index (χ3n) is 13.1. The average Bonchev–Trinajstić information content (AvgIpc) is 3.48. The average molecular weight is 679 g/mol. The van der Waals surface area contributed by atoms with Gasteiger partial charge in [0.25, 0.3) is 5.91 Å². The second-order valence-corrected chi connectivity index (χ2v) is 16.0. The number of aromatic nitrogens is 1. The van der Waals surface area contributed by atoms with Crippen molar-refractivity contribution < 1.29 is 23.5 Å². The number of morpholine rings is 1. The molecule has 11 heteroatoms. The van der Waals surface area contributed by atoms with Crippen molar-refractivity contribution in [2.45, 2.75) is 107 Å². The molecule has 3 saturated carbocycles. The molecule has 268 valence electrons. The van der Waals surface area contributed by atoms with Crippen molar-refractivity contribution in [3.8, 4) is 0 Å². The van der Waals surface area contributed by atoms with Gasteiger partial charge in [-0.2, -0.15) is 0 Å². The number of alkyl halides is 1. The molecule has 4 aliphatic heterocycles. The number of nitrogens with one attached hydrogen (secondary N) is 1. The van der Waals surface area contributed by atoms with E-state index in [0.29, 0.717) is 37.5 Å². The number of pyridine rings is 1. The topological polar surface area (TPSA) is 90.5 Å². The van der Waals surface area contributed by atoms with Crippen LogP contribution in [-0.2, 0) is 25.5 Å². The van der Waals surface area contributed by atoms with Crippen molar-refractivity contribution in [2.75, 3.05) is 59.9 Å². The number of nitrogens with zero attached hydrogens (tertiary/aromatic N) is 5.